The number of halogens is 2. The molecule has 0 bridgehead atoms. The monoisotopic (exact) mass is 330 g/mol. The summed E-state index contributed by atoms with van der Waals surface area (Å²) in [6, 6.07) is 5.82. The van der Waals surface area contributed by atoms with Gasteiger partial charge >= 0.3 is 0 Å². The Kier molecular flexibility index (Phi) is 4.42. The van der Waals surface area contributed by atoms with E-state index in [9.17, 15) is 0 Å². The molecule has 1 aromatic heterocycles. The molecule has 17 heavy (non-hydrogen) atoms. The Bertz CT molecular complexity index is 513. The van der Waals surface area contributed by atoms with Gasteiger partial charge in [0.25, 0.3) is 0 Å². The van der Waals surface area contributed by atoms with Crippen LogP contribution in [0.15, 0.2) is 28.1 Å². The van der Waals surface area contributed by atoms with E-state index in [0.717, 1.165) is 28.8 Å². The first-order valence-corrected chi connectivity index (χ1v) is 7.36. The van der Waals surface area contributed by atoms with E-state index in [-0.39, 0.29) is 0 Å². The van der Waals surface area contributed by atoms with E-state index in [1.54, 1.807) is 11.3 Å². The number of rotatable bonds is 4. The Morgan fingerprint density at radius 1 is 1.47 bits per heavy atom. The van der Waals surface area contributed by atoms with Gasteiger partial charge in [-0.3, -0.25) is 0 Å². The zero-order valence-electron chi connectivity index (χ0n) is 9.34. The molecule has 0 fully saturated rings. The van der Waals surface area contributed by atoms with Crippen molar-refractivity contribution in [2.45, 2.75) is 19.9 Å². The van der Waals surface area contributed by atoms with Crippen molar-refractivity contribution in [3.8, 4) is 0 Å². The van der Waals surface area contributed by atoms with Crippen molar-refractivity contribution in [2.75, 3.05) is 5.32 Å². The van der Waals surface area contributed by atoms with Gasteiger partial charge in [-0.2, -0.15) is 0 Å². The van der Waals surface area contributed by atoms with Crippen LogP contribution in [0.4, 0.5) is 5.69 Å². The molecule has 2 rings (SSSR count). The summed E-state index contributed by atoms with van der Waals surface area (Å²) in [6.07, 6.45) is 0.995. The molecule has 0 aliphatic rings. The second kappa shape index (κ2) is 5.85. The molecule has 0 radical (unpaired) electrons. The van der Waals surface area contributed by atoms with Gasteiger partial charge in [0.1, 0.15) is 0 Å². The lowest BCUT2D eigenvalue weighted by Crippen LogP contribution is -1.99. The highest BCUT2D eigenvalue weighted by molar-refractivity contribution is 9.10. The summed E-state index contributed by atoms with van der Waals surface area (Å²) in [7, 11) is 0. The van der Waals surface area contributed by atoms with Gasteiger partial charge in [-0.15, -0.1) is 11.3 Å². The average Bonchev–Trinajstić information content (AvgIpc) is 2.79. The van der Waals surface area contributed by atoms with Crippen LogP contribution in [-0.2, 0) is 13.0 Å². The Labute approximate surface area is 118 Å². The lowest BCUT2D eigenvalue weighted by molar-refractivity contribution is 1.01. The van der Waals surface area contributed by atoms with E-state index in [2.05, 4.69) is 38.5 Å². The second-order valence-corrected chi connectivity index (χ2v) is 5.77. The standard InChI is InChI=1S/C12H12BrClN2S/c1-2-12-16-9(7-17-12)6-15-8-3-4-10(13)11(14)5-8/h3-5,7,15H,2,6H2,1H3. The van der Waals surface area contributed by atoms with Gasteiger partial charge in [0.05, 0.1) is 22.3 Å². The van der Waals surface area contributed by atoms with Crippen molar-refractivity contribution in [1.29, 1.82) is 0 Å². The van der Waals surface area contributed by atoms with E-state index in [0.29, 0.717) is 5.02 Å². The summed E-state index contributed by atoms with van der Waals surface area (Å²) in [5.41, 5.74) is 2.08. The molecule has 0 aliphatic heterocycles. The lowest BCUT2D eigenvalue weighted by Gasteiger charge is -2.05. The van der Waals surface area contributed by atoms with E-state index in [4.69, 9.17) is 11.6 Å². The third kappa shape index (κ3) is 3.44. The second-order valence-electron chi connectivity index (χ2n) is 3.57. The highest BCUT2D eigenvalue weighted by atomic mass is 79.9. The summed E-state index contributed by atoms with van der Waals surface area (Å²) in [5, 5.41) is 7.28. The smallest absolute Gasteiger partial charge is 0.0926 e. The largest absolute Gasteiger partial charge is 0.379 e. The SMILES string of the molecule is CCc1nc(CNc2ccc(Br)c(Cl)c2)cs1. The molecule has 2 nitrogen and oxygen atoms in total. The minimum Gasteiger partial charge on any atom is -0.379 e. The van der Waals surface area contributed by atoms with Gasteiger partial charge in [-0.1, -0.05) is 18.5 Å². The topological polar surface area (TPSA) is 24.9 Å². The van der Waals surface area contributed by atoms with Gasteiger partial charge < -0.3 is 5.32 Å². The zero-order valence-corrected chi connectivity index (χ0v) is 12.5. The minimum atomic E-state index is 0.711. The molecule has 1 heterocycles. The quantitative estimate of drug-likeness (QED) is 0.875. The molecule has 0 saturated carbocycles. The number of thiazole rings is 1. The molecule has 1 N–H and O–H groups in total. The number of hydrogen-bond acceptors (Lipinski definition) is 3. The van der Waals surface area contributed by atoms with E-state index >= 15 is 0 Å². The van der Waals surface area contributed by atoms with Crippen LogP contribution in [0.1, 0.15) is 17.6 Å². The van der Waals surface area contributed by atoms with Gasteiger partial charge in [0.15, 0.2) is 0 Å². The third-order valence-electron chi connectivity index (χ3n) is 2.29. The minimum absolute atomic E-state index is 0.711. The molecule has 0 amide bonds. The number of benzene rings is 1. The molecule has 90 valence electrons. The van der Waals surface area contributed by atoms with Gasteiger partial charge in [-0.05, 0) is 40.5 Å². The van der Waals surface area contributed by atoms with Gasteiger partial charge in [0.2, 0.25) is 0 Å². The molecular weight excluding hydrogens is 320 g/mol. The molecule has 0 atom stereocenters. The number of nitrogens with one attached hydrogen (secondary N) is 1. The predicted octanol–water partition coefficient (Wildman–Crippen LogP) is 4.73. The number of anilines is 1. The van der Waals surface area contributed by atoms with Crippen LogP contribution in [0.25, 0.3) is 0 Å². The predicted molar refractivity (Wildman–Crippen MR) is 78.0 cm³/mol. The lowest BCUT2D eigenvalue weighted by atomic mass is 10.3. The molecule has 1 aromatic carbocycles. The van der Waals surface area contributed by atoms with Crippen LogP contribution < -0.4 is 5.32 Å². The Balaban J connectivity index is 1.99. The number of aryl methyl sites for hydroxylation is 1. The summed E-state index contributed by atoms with van der Waals surface area (Å²) in [5.74, 6) is 0. The van der Waals surface area contributed by atoms with Crippen LogP contribution >= 0.6 is 38.9 Å². The summed E-state index contributed by atoms with van der Waals surface area (Å²) in [6.45, 7) is 2.85. The van der Waals surface area contributed by atoms with Crippen molar-refractivity contribution in [2.24, 2.45) is 0 Å². The summed E-state index contributed by atoms with van der Waals surface area (Å²) < 4.78 is 0.909. The van der Waals surface area contributed by atoms with Crippen molar-refractivity contribution >= 4 is 44.6 Å². The molecular formula is C12H12BrClN2S. The Morgan fingerprint density at radius 2 is 2.29 bits per heavy atom. The first-order chi connectivity index (χ1) is 8.19. The maximum absolute atomic E-state index is 6.02. The highest BCUT2D eigenvalue weighted by Crippen LogP contribution is 2.25. The van der Waals surface area contributed by atoms with Crippen LogP contribution in [0, 0.1) is 0 Å². The van der Waals surface area contributed by atoms with E-state index in [1.807, 2.05) is 18.2 Å². The van der Waals surface area contributed by atoms with Crippen LogP contribution in [0.5, 0.6) is 0 Å². The zero-order chi connectivity index (χ0) is 12.3. The normalized spacial score (nSPS) is 10.5. The maximum atomic E-state index is 6.02. The third-order valence-corrected chi connectivity index (χ3v) is 4.57. The summed E-state index contributed by atoms with van der Waals surface area (Å²) >= 11 is 11.1. The molecule has 0 aliphatic carbocycles. The fourth-order valence-corrected chi connectivity index (χ4v) is 2.56. The number of hydrogen-bond donors (Lipinski definition) is 1. The van der Waals surface area contributed by atoms with Gasteiger partial charge in [0, 0.05) is 15.5 Å². The van der Waals surface area contributed by atoms with Crippen molar-refractivity contribution in [1.82, 2.24) is 4.98 Å². The summed E-state index contributed by atoms with van der Waals surface area (Å²) in [4.78, 5) is 4.50. The van der Waals surface area contributed by atoms with Crippen molar-refractivity contribution in [3.63, 3.8) is 0 Å². The van der Waals surface area contributed by atoms with Gasteiger partial charge in [-0.25, -0.2) is 4.98 Å². The first kappa shape index (κ1) is 12.9. The van der Waals surface area contributed by atoms with Crippen molar-refractivity contribution < 1.29 is 0 Å². The molecule has 0 spiro atoms. The number of aromatic nitrogens is 1. The first-order valence-electron chi connectivity index (χ1n) is 5.31. The molecule has 0 unspecified atom stereocenters. The molecule has 2 aromatic rings. The van der Waals surface area contributed by atoms with Crippen LogP contribution in [-0.4, -0.2) is 4.98 Å². The molecule has 0 saturated heterocycles. The number of nitrogens with zero attached hydrogens (tertiary/aromatic N) is 1. The highest BCUT2D eigenvalue weighted by Gasteiger charge is 2.02. The Hall–Kier alpha value is -0.580. The fourth-order valence-electron chi connectivity index (χ4n) is 1.39. The molecule has 5 heteroatoms. The fraction of sp³-hybridized carbons (Fsp3) is 0.250. The maximum Gasteiger partial charge on any atom is 0.0926 e. The van der Waals surface area contributed by atoms with Crippen molar-refractivity contribution in [3.05, 3.63) is 43.8 Å². The van der Waals surface area contributed by atoms with Crippen LogP contribution in [0.2, 0.25) is 5.02 Å². The Morgan fingerprint density at radius 3 is 2.94 bits per heavy atom. The van der Waals surface area contributed by atoms with E-state index < -0.39 is 0 Å². The average molecular weight is 332 g/mol. The van der Waals surface area contributed by atoms with Crippen LogP contribution in [0.3, 0.4) is 0 Å². The van der Waals surface area contributed by atoms with E-state index in [1.165, 1.54) is 5.01 Å².